The molecule has 0 aliphatic rings. The molecule has 0 aromatic heterocycles. The Morgan fingerprint density at radius 1 is 1.19 bits per heavy atom. The van der Waals surface area contributed by atoms with Crippen molar-refractivity contribution in [2.24, 2.45) is 0 Å². The van der Waals surface area contributed by atoms with E-state index in [1.54, 1.807) is 14.2 Å². The molecule has 1 rings (SSSR count). The zero-order valence-electron chi connectivity index (χ0n) is 14.2. The Hall–Kier alpha value is -0.900. The van der Waals surface area contributed by atoms with Gasteiger partial charge in [0.05, 0.1) is 12.2 Å². The minimum Gasteiger partial charge on any atom is -0.383 e. The minimum atomic E-state index is -0.0620. The number of hydrogen-bond acceptors (Lipinski definition) is 3. The molecule has 0 saturated carbocycles. The summed E-state index contributed by atoms with van der Waals surface area (Å²) in [4.78, 5) is 0. The van der Waals surface area contributed by atoms with Gasteiger partial charge in [-0.3, -0.25) is 0 Å². The lowest BCUT2D eigenvalue weighted by atomic mass is 9.87. The van der Waals surface area contributed by atoms with Crippen LogP contribution in [0.2, 0.25) is 0 Å². The third-order valence-electron chi connectivity index (χ3n) is 4.15. The van der Waals surface area contributed by atoms with E-state index in [1.165, 1.54) is 11.1 Å². The fraction of sp³-hybridized carbons (Fsp3) is 0.667. The smallest absolute Gasteiger partial charge is 0.0623 e. The first-order valence-electron chi connectivity index (χ1n) is 7.80. The van der Waals surface area contributed by atoms with E-state index in [0.717, 1.165) is 32.5 Å². The molecule has 3 nitrogen and oxygen atoms in total. The number of ether oxygens (including phenoxy) is 2. The van der Waals surface area contributed by atoms with Gasteiger partial charge in [-0.2, -0.15) is 0 Å². The van der Waals surface area contributed by atoms with Gasteiger partial charge < -0.3 is 14.8 Å². The second kappa shape index (κ2) is 9.19. The van der Waals surface area contributed by atoms with Crippen LogP contribution in [0.3, 0.4) is 0 Å². The van der Waals surface area contributed by atoms with Crippen LogP contribution in [0.4, 0.5) is 0 Å². The van der Waals surface area contributed by atoms with Crippen molar-refractivity contribution in [1.29, 1.82) is 0 Å². The normalized spacial score (nSPS) is 13.4. The molecule has 120 valence electrons. The molecule has 0 amide bonds. The summed E-state index contributed by atoms with van der Waals surface area (Å²) in [7, 11) is 3.53. The summed E-state index contributed by atoms with van der Waals surface area (Å²) in [5.74, 6) is 0.512. The molecule has 0 radical (unpaired) electrons. The van der Waals surface area contributed by atoms with Crippen LogP contribution in [-0.4, -0.2) is 39.5 Å². The highest BCUT2D eigenvalue weighted by atomic mass is 16.5. The maximum Gasteiger partial charge on any atom is 0.0623 e. The quantitative estimate of drug-likeness (QED) is 0.670. The van der Waals surface area contributed by atoms with Crippen molar-refractivity contribution >= 4 is 0 Å². The Bertz CT molecular complexity index is 404. The predicted molar refractivity (Wildman–Crippen MR) is 89.0 cm³/mol. The van der Waals surface area contributed by atoms with Gasteiger partial charge in [-0.25, -0.2) is 0 Å². The summed E-state index contributed by atoms with van der Waals surface area (Å²) >= 11 is 0. The third-order valence-corrected chi connectivity index (χ3v) is 4.15. The van der Waals surface area contributed by atoms with Gasteiger partial charge in [-0.15, -0.1) is 0 Å². The molecule has 1 atom stereocenters. The van der Waals surface area contributed by atoms with Gasteiger partial charge in [-0.05, 0) is 50.7 Å². The van der Waals surface area contributed by atoms with E-state index in [9.17, 15) is 0 Å². The van der Waals surface area contributed by atoms with Crippen LogP contribution >= 0.6 is 0 Å². The predicted octanol–water partition coefficient (Wildman–Crippen LogP) is 3.52. The molecule has 0 fully saturated rings. The van der Waals surface area contributed by atoms with Gasteiger partial charge in [0.25, 0.3) is 0 Å². The van der Waals surface area contributed by atoms with E-state index in [1.807, 2.05) is 0 Å². The van der Waals surface area contributed by atoms with Gasteiger partial charge >= 0.3 is 0 Å². The number of aryl methyl sites for hydroxylation is 1. The Morgan fingerprint density at radius 2 is 1.90 bits per heavy atom. The highest BCUT2D eigenvalue weighted by molar-refractivity contribution is 5.29. The average molecular weight is 293 g/mol. The minimum absolute atomic E-state index is 0.0620. The highest BCUT2D eigenvalue weighted by Crippen LogP contribution is 2.27. The molecule has 0 saturated heterocycles. The zero-order chi connectivity index (χ0) is 15.7. The van der Waals surface area contributed by atoms with E-state index in [2.05, 4.69) is 50.4 Å². The monoisotopic (exact) mass is 293 g/mol. The zero-order valence-corrected chi connectivity index (χ0v) is 14.2. The van der Waals surface area contributed by atoms with Gasteiger partial charge in [-0.1, -0.05) is 24.3 Å². The fourth-order valence-corrected chi connectivity index (χ4v) is 2.49. The number of nitrogens with one attached hydrogen (secondary N) is 1. The Kier molecular flexibility index (Phi) is 7.94. The van der Waals surface area contributed by atoms with Crippen LogP contribution in [0.25, 0.3) is 0 Å². The molecule has 0 bridgehead atoms. The molecule has 3 heteroatoms. The molecule has 0 spiro atoms. The third kappa shape index (κ3) is 6.60. The van der Waals surface area contributed by atoms with E-state index >= 15 is 0 Å². The van der Waals surface area contributed by atoms with E-state index in [0.29, 0.717) is 5.92 Å². The number of benzene rings is 1. The van der Waals surface area contributed by atoms with E-state index in [-0.39, 0.29) is 5.60 Å². The summed E-state index contributed by atoms with van der Waals surface area (Å²) in [6, 6.07) is 8.68. The lowest BCUT2D eigenvalue weighted by molar-refractivity contribution is 0.0123. The van der Waals surface area contributed by atoms with Crippen LogP contribution in [0, 0.1) is 6.92 Å². The first kappa shape index (κ1) is 18.1. The summed E-state index contributed by atoms with van der Waals surface area (Å²) < 4.78 is 10.7. The van der Waals surface area contributed by atoms with Crippen molar-refractivity contribution in [2.45, 2.75) is 45.1 Å². The van der Waals surface area contributed by atoms with Crippen LogP contribution in [0.1, 0.15) is 43.7 Å². The first-order chi connectivity index (χ1) is 10.00. The molecule has 1 N–H and O–H groups in total. The van der Waals surface area contributed by atoms with Crippen molar-refractivity contribution in [3.05, 3.63) is 35.4 Å². The summed E-state index contributed by atoms with van der Waals surface area (Å²) in [5, 5.41) is 3.50. The molecular weight excluding hydrogens is 262 g/mol. The van der Waals surface area contributed by atoms with Gasteiger partial charge in [0.1, 0.15) is 0 Å². The molecule has 0 aliphatic carbocycles. The summed E-state index contributed by atoms with van der Waals surface area (Å²) in [6.45, 7) is 9.13. The van der Waals surface area contributed by atoms with Crippen LogP contribution in [0.15, 0.2) is 24.3 Å². The summed E-state index contributed by atoms with van der Waals surface area (Å²) in [6.07, 6.45) is 2.17. The maximum atomic E-state index is 5.56. The summed E-state index contributed by atoms with van der Waals surface area (Å²) in [5.41, 5.74) is 2.74. The van der Waals surface area contributed by atoms with Crippen LogP contribution < -0.4 is 5.32 Å². The van der Waals surface area contributed by atoms with Crippen molar-refractivity contribution in [3.63, 3.8) is 0 Å². The Labute approximate surface area is 130 Å². The van der Waals surface area contributed by atoms with Gasteiger partial charge in [0, 0.05) is 27.3 Å². The Balaban J connectivity index is 2.68. The molecule has 1 unspecified atom stereocenters. The molecular formula is C18H31NO2. The average Bonchev–Trinajstić information content (AvgIpc) is 2.47. The van der Waals surface area contributed by atoms with Crippen molar-refractivity contribution < 1.29 is 9.47 Å². The number of methoxy groups -OCH3 is 2. The van der Waals surface area contributed by atoms with Gasteiger partial charge in [0.15, 0.2) is 0 Å². The lowest BCUT2D eigenvalue weighted by Gasteiger charge is -2.27. The van der Waals surface area contributed by atoms with E-state index in [4.69, 9.17) is 9.47 Å². The maximum absolute atomic E-state index is 5.56. The molecule has 1 aromatic carbocycles. The van der Waals surface area contributed by atoms with Crippen LogP contribution in [-0.2, 0) is 9.47 Å². The lowest BCUT2D eigenvalue weighted by Crippen LogP contribution is -2.28. The molecule has 1 aromatic rings. The fourth-order valence-electron chi connectivity index (χ4n) is 2.49. The Morgan fingerprint density at radius 3 is 2.52 bits per heavy atom. The van der Waals surface area contributed by atoms with Crippen LogP contribution in [0.5, 0.6) is 0 Å². The standard InChI is InChI=1S/C18H31NO2/c1-15-8-6-7-9-17(15)16(14-19-12-13-20-4)10-11-18(2,3)21-5/h6-9,16,19H,10-14H2,1-5H3. The first-order valence-corrected chi connectivity index (χ1v) is 7.80. The van der Waals surface area contributed by atoms with Crippen molar-refractivity contribution in [3.8, 4) is 0 Å². The topological polar surface area (TPSA) is 30.5 Å². The largest absolute Gasteiger partial charge is 0.383 e. The second-order valence-electron chi connectivity index (χ2n) is 6.25. The second-order valence-corrected chi connectivity index (χ2v) is 6.25. The highest BCUT2D eigenvalue weighted by Gasteiger charge is 2.21. The molecule has 21 heavy (non-hydrogen) atoms. The van der Waals surface area contributed by atoms with Gasteiger partial charge in [0.2, 0.25) is 0 Å². The van der Waals surface area contributed by atoms with E-state index < -0.39 is 0 Å². The van der Waals surface area contributed by atoms with Crippen molar-refractivity contribution in [2.75, 3.05) is 33.9 Å². The number of hydrogen-bond donors (Lipinski definition) is 1. The molecule has 0 heterocycles. The van der Waals surface area contributed by atoms with Crippen molar-refractivity contribution in [1.82, 2.24) is 5.32 Å². The SMILES string of the molecule is COCCNCC(CCC(C)(C)OC)c1ccccc1C. The number of rotatable bonds is 10. The molecule has 0 aliphatic heterocycles.